The van der Waals surface area contributed by atoms with Crippen LogP contribution in [0.5, 0.6) is 5.75 Å². The molecule has 0 amide bonds. The van der Waals surface area contributed by atoms with Gasteiger partial charge in [-0.3, -0.25) is 0 Å². The van der Waals surface area contributed by atoms with E-state index < -0.39 is 0 Å². The molecule has 2 aromatic rings. The maximum Gasteiger partial charge on any atom is 0.165 e. The van der Waals surface area contributed by atoms with Crippen LogP contribution in [0.1, 0.15) is 30.5 Å². The smallest absolute Gasteiger partial charge is 0.165 e. The van der Waals surface area contributed by atoms with E-state index >= 15 is 0 Å². The number of aryl methyl sites for hydroxylation is 1. The first kappa shape index (κ1) is 15.5. The maximum atomic E-state index is 14.2. The average molecular weight is 287 g/mol. The lowest BCUT2D eigenvalue weighted by molar-refractivity contribution is 0.288. The van der Waals surface area contributed by atoms with E-state index in [0.717, 1.165) is 16.7 Å². The minimum atomic E-state index is -0.356. The summed E-state index contributed by atoms with van der Waals surface area (Å²) in [6.07, 6.45) is 0.629. The van der Waals surface area contributed by atoms with Crippen molar-refractivity contribution in [2.45, 2.75) is 39.3 Å². The van der Waals surface area contributed by atoms with Crippen LogP contribution in [0.2, 0.25) is 0 Å². The van der Waals surface area contributed by atoms with Crippen molar-refractivity contribution in [1.29, 1.82) is 0 Å². The summed E-state index contributed by atoms with van der Waals surface area (Å²) < 4.78 is 19.9. The predicted molar refractivity (Wildman–Crippen MR) is 83.9 cm³/mol. The molecule has 21 heavy (non-hydrogen) atoms. The SMILES string of the molecule is Cc1cc(CC(C)(C)N)cc(F)c1OCc1ccccc1. The van der Waals surface area contributed by atoms with Gasteiger partial charge in [0, 0.05) is 5.54 Å². The quantitative estimate of drug-likeness (QED) is 0.902. The zero-order valence-corrected chi connectivity index (χ0v) is 12.8. The van der Waals surface area contributed by atoms with Gasteiger partial charge in [0.2, 0.25) is 0 Å². The Hall–Kier alpha value is -1.87. The van der Waals surface area contributed by atoms with Crippen LogP contribution in [0.15, 0.2) is 42.5 Å². The molecule has 0 spiro atoms. The highest BCUT2D eigenvalue weighted by molar-refractivity contribution is 5.38. The highest BCUT2D eigenvalue weighted by Gasteiger charge is 2.15. The standard InChI is InChI=1S/C18H22FNO/c1-13-9-15(11-18(2,3)20)10-16(19)17(13)21-12-14-7-5-4-6-8-14/h4-10H,11-12,20H2,1-3H3. The Kier molecular flexibility index (Phi) is 4.63. The highest BCUT2D eigenvalue weighted by Crippen LogP contribution is 2.26. The van der Waals surface area contributed by atoms with Gasteiger partial charge in [-0.1, -0.05) is 36.4 Å². The van der Waals surface area contributed by atoms with E-state index in [1.54, 1.807) is 0 Å². The first-order valence-corrected chi connectivity index (χ1v) is 7.10. The van der Waals surface area contributed by atoms with Gasteiger partial charge in [-0.05, 0) is 49.9 Å². The molecule has 0 saturated heterocycles. The summed E-state index contributed by atoms with van der Waals surface area (Å²) in [6.45, 7) is 6.08. The van der Waals surface area contributed by atoms with Gasteiger partial charge in [-0.2, -0.15) is 0 Å². The number of ether oxygens (including phenoxy) is 1. The van der Waals surface area contributed by atoms with Crippen LogP contribution in [0, 0.1) is 12.7 Å². The van der Waals surface area contributed by atoms with Crippen LogP contribution < -0.4 is 10.5 Å². The van der Waals surface area contributed by atoms with Gasteiger partial charge in [0.25, 0.3) is 0 Å². The van der Waals surface area contributed by atoms with E-state index in [1.807, 2.05) is 57.2 Å². The minimum absolute atomic E-state index is 0.317. The summed E-state index contributed by atoms with van der Waals surface area (Å²) in [4.78, 5) is 0. The number of hydrogen-bond donors (Lipinski definition) is 1. The molecule has 0 radical (unpaired) electrons. The van der Waals surface area contributed by atoms with Gasteiger partial charge < -0.3 is 10.5 Å². The summed E-state index contributed by atoms with van der Waals surface area (Å²) in [5, 5.41) is 0. The third-order valence-corrected chi connectivity index (χ3v) is 3.17. The van der Waals surface area contributed by atoms with Gasteiger partial charge in [0.15, 0.2) is 11.6 Å². The highest BCUT2D eigenvalue weighted by atomic mass is 19.1. The molecule has 0 aliphatic carbocycles. The molecular formula is C18H22FNO. The molecular weight excluding hydrogens is 265 g/mol. The maximum absolute atomic E-state index is 14.2. The van der Waals surface area contributed by atoms with Gasteiger partial charge in [0.05, 0.1) is 0 Å². The molecule has 2 aromatic carbocycles. The Labute approximate surface area is 125 Å². The summed E-state index contributed by atoms with van der Waals surface area (Å²) >= 11 is 0. The van der Waals surface area contributed by atoms with Crippen molar-refractivity contribution in [2.24, 2.45) is 5.73 Å². The molecule has 3 heteroatoms. The third kappa shape index (κ3) is 4.57. The molecule has 2 N–H and O–H groups in total. The van der Waals surface area contributed by atoms with E-state index in [2.05, 4.69) is 0 Å². The van der Waals surface area contributed by atoms with Gasteiger partial charge in [-0.25, -0.2) is 4.39 Å². The van der Waals surface area contributed by atoms with Crippen LogP contribution in [0.25, 0.3) is 0 Å². The number of halogens is 1. The molecule has 2 nitrogen and oxygen atoms in total. The molecule has 112 valence electrons. The van der Waals surface area contributed by atoms with Crippen LogP contribution >= 0.6 is 0 Å². The predicted octanol–water partition coefficient (Wildman–Crippen LogP) is 3.99. The van der Waals surface area contributed by atoms with Gasteiger partial charge in [-0.15, -0.1) is 0 Å². The second-order valence-electron chi connectivity index (χ2n) is 6.16. The molecule has 0 heterocycles. The topological polar surface area (TPSA) is 35.2 Å². The van der Waals surface area contributed by atoms with Crippen molar-refractivity contribution in [2.75, 3.05) is 0 Å². The second kappa shape index (κ2) is 6.27. The van der Waals surface area contributed by atoms with E-state index in [0.29, 0.717) is 18.8 Å². The van der Waals surface area contributed by atoms with Crippen LogP contribution in [0.3, 0.4) is 0 Å². The first-order valence-electron chi connectivity index (χ1n) is 7.10. The molecule has 0 fully saturated rings. The lowest BCUT2D eigenvalue weighted by Crippen LogP contribution is -2.34. The van der Waals surface area contributed by atoms with Gasteiger partial charge >= 0.3 is 0 Å². The summed E-state index contributed by atoms with van der Waals surface area (Å²) in [7, 11) is 0. The van der Waals surface area contributed by atoms with Gasteiger partial charge in [0.1, 0.15) is 6.61 Å². The van der Waals surface area contributed by atoms with Crippen molar-refractivity contribution in [3.05, 3.63) is 65.0 Å². The van der Waals surface area contributed by atoms with Crippen LogP contribution in [-0.4, -0.2) is 5.54 Å². The fourth-order valence-electron chi connectivity index (χ4n) is 2.34. The van der Waals surface area contributed by atoms with E-state index in [4.69, 9.17) is 10.5 Å². The minimum Gasteiger partial charge on any atom is -0.486 e. The number of benzene rings is 2. The third-order valence-electron chi connectivity index (χ3n) is 3.17. The second-order valence-corrected chi connectivity index (χ2v) is 6.16. The van der Waals surface area contributed by atoms with E-state index in [9.17, 15) is 4.39 Å². The van der Waals surface area contributed by atoms with E-state index in [1.165, 1.54) is 6.07 Å². The van der Waals surface area contributed by atoms with Crippen molar-refractivity contribution < 1.29 is 9.13 Å². The monoisotopic (exact) mass is 287 g/mol. The number of nitrogens with two attached hydrogens (primary N) is 1. The Morgan fingerprint density at radius 1 is 1.10 bits per heavy atom. The Balaban J connectivity index is 2.14. The van der Waals surface area contributed by atoms with Crippen molar-refractivity contribution >= 4 is 0 Å². The van der Waals surface area contributed by atoms with Crippen LogP contribution in [-0.2, 0) is 13.0 Å². The summed E-state index contributed by atoms with van der Waals surface area (Å²) in [5.41, 5.74) is 8.34. The molecule has 0 bridgehead atoms. The Morgan fingerprint density at radius 2 is 1.76 bits per heavy atom. The molecule has 0 saturated carbocycles. The molecule has 0 atom stereocenters. The lowest BCUT2D eigenvalue weighted by Gasteiger charge is -2.19. The summed E-state index contributed by atoms with van der Waals surface area (Å²) in [6, 6.07) is 13.2. The molecule has 0 aliphatic rings. The molecule has 0 aromatic heterocycles. The molecule has 0 unspecified atom stereocenters. The number of rotatable bonds is 5. The van der Waals surface area contributed by atoms with E-state index in [-0.39, 0.29) is 11.4 Å². The molecule has 0 aliphatic heterocycles. The average Bonchev–Trinajstić information content (AvgIpc) is 2.37. The van der Waals surface area contributed by atoms with Crippen molar-refractivity contribution in [3.8, 4) is 5.75 Å². The molecule has 2 rings (SSSR count). The number of hydrogen-bond acceptors (Lipinski definition) is 2. The Bertz CT molecular complexity index is 579. The van der Waals surface area contributed by atoms with Crippen molar-refractivity contribution in [3.63, 3.8) is 0 Å². The zero-order valence-electron chi connectivity index (χ0n) is 12.8. The largest absolute Gasteiger partial charge is 0.486 e. The van der Waals surface area contributed by atoms with Crippen molar-refractivity contribution in [1.82, 2.24) is 0 Å². The Morgan fingerprint density at radius 3 is 2.33 bits per heavy atom. The fourth-order valence-corrected chi connectivity index (χ4v) is 2.34. The normalized spacial score (nSPS) is 11.5. The fraction of sp³-hybridized carbons (Fsp3) is 0.333. The lowest BCUT2D eigenvalue weighted by atomic mass is 9.95. The van der Waals surface area contributed by atoms with Crippen LogP contribution in [0.4, 0.5) is 4.39 Å². The zero-order chi connectivity index (χ0) is 15.5. The summed E-state index contributed by atoms with van der Waals surface area (Å²) in [5.74, 6) is -0.0115. The first-order chi connectivity index (χ1) is 9.85.